The Morgan fingerprint density at radius 1 is 1.18 bits per heavy atom. The Labute approximate surface area is 111 Å². The highest BCUT2D eigenvalue weighted by atomic mass is 35.5. The number of aryl methyl sites for hydroxylation is 1. The van der Waals surface area contributed by atoms with E-state index in [9.17, 15) is 0 Å². The molecule has 2 aromatic rings. The van der Waals surface area contributed by atoms with Gasteiger partial charge in [-0.05, 0) is 42.9 Å². The topological polar surface area (TPSA) is 12.9 Å². The van der Waals surface area contributed by atoms with Gasteiger partial charge in [-0.3, -0.25) is 4.98 Å². The second-order valence-corrected chi connectivity index (χ2v) is 5.17. The van der Waals surface area contributed by atoms with Crippen molar-refractivity contribution in [2.45, 2.75) is 31.6 Å². The summed E-state index contributed by atoms with van der Waals surface area (Å²) in [6, 6.07) is 5.93. The van der Waals surface area contributed by atoms with Gasteiger partial charge in [-0.15, -0.1) is 11.6 Å². The van der Waals surface area contributed by atoms with E-state index in [1.165, 1.54) is 29.7 Å². The predicted octanol–water partition coefficient (Wildman–Crippen LogP) is 4.51. The smallest absolute Gasteiger partial charge is 0.0894 e. The molecular weight excluding hydrogens is 253 g/mol. The fourth-order valence-corrected chi connectivity index (χ4v) is 3.18. The van der Waals surface area contributed by atoms with Crippen molar-refractivity contribution in [3.8, 4) is 0 Å². The molecule has 0 unspecified atom stereocenters. The minimum atomic E-state index is 0.543. The van der Waals surface area contributed by atoms with Crippen LogP contribution in [0.3, 0.4) is 0 Å². The minimum absolute atomic E-state index is 0.543. The first-order chi connectivity index (χ1) is 8.31. The molecule has 1 nitrogen and oxygen atoms in total. The number of benzene rings is 1. The lowest BCUT2D eigenvalue weighted by Crippen LogP contribution is -2.09. The van der Waals surface area contributed by atoms with Gasteiger partial charge < -0.3 is 0 Å². The number of hydrogen-bond acceptors (Lipinski definition) is 1. The molecule has 0 aliphatic heterocycles. The SMILES string of the molecule is ClCc1c2c(nc3c(Cl)cccc13)CCCC2. The Kier molecular flexibility index (Phi) is 2.97. The largest absolute Gasteiger partial charge is 0.251 e. The van der Waals surface area contributed by atoms with Crippen molar-refractivity contribution in [3.63, 3.8) is 0 Å². The maximum Gasteiger partial charge on any atom is 0.0894 e. The first kappa shape index (κ1) is 11.3. The number of aromatic nitrogens is 1. The van der Waals surface area contributed by atoms with Gasteiger partial charge in [-0.25, -0.2) is 0 Å². The van der Waals surface area contributed by atoms with Gasteiger partial charge in [0.1, 0.15) is 0 Å². The van der Waals surface area contributed by atoms with Crippen LogP contribution in [0, 0.1) is 0 Å². The van der Waals surface area contributed by atoms with Gasteiger partial charge in [0.2, 0.25) is 0 Å². The van der Waals surface area contributed by atoms with E-state index in [0.717, 1.165) is 28.8 Å². The van der Waals surface area contributed by atoms with Crippen molar-refractivity contribution in [2.24, 2.45) is 0 Å². The number of para-hydroxylation sites is 1. The molecule has 3 heteroatoms. The molecule has 1 aliphatic rings. The Morgan fingerprint density at radius 3 is 2.82 bits per heavy atom. The number of halogens is 2. The molecule has 1 aromatic carbocycles. The maximum absolute atomic E-state index is 6.22. The normalized spacial score (nSPS) is 14.9. The van der Waals surface area contributed by atoms with Crippen LogP contribution < -0.4 is 0 Å². The summed E-state index contributed by atoms with van der Waals surface area (Å²) in [6.45, 7) is 0. The standard InChI is InChI=1S/C14H13Cl2N/c15-8-11-9-4-1-2-7-13(9)17-14-10(11)5-3-6-12(14)16/h3,5-6H,1-2,4,7-8H2. The molecule has 3 rings (SSSR count). The summed E-state index contributed by atoms with van der Waals surface area (Å²) in [6.07, 6.45) is 4.62. The fourth-order valence-electron chi connectivity index (χ4n) is 2.66. The summed E-state index contributed by atoms with van der Waals surface area (Å²) in [5.41, 5.74) is 4.70. The summed E-state index contributed by atoms with van der Waals surface area (Å²) in [7, 11) is 0. The van der Waals surface area contributed by atoms with Crippen molar-refractivity contribution in [1.82, 2.24) is 4.98 Å². The highest BCUT2D eigenvalue weighted by Gasteiger charge is 2.18. The fraction of sp³-hybridized carbons (Fsp3) is 0.357. The molecule has 0 fully saturated rings. The highest BCUT2D eigenvalue weighted by Crippen LogP contribution is 2.32. The second kappa shape index (κ2) is 4.47. The number of pyridine rings is 1. The van der Waals surface area contributed by atoms with E-state index in [2.05, 4.69) is 6.07 Å². The van der Waals surface area contributed by atoms with Gasteiger partial charge in [0, 0.05) is 17.0 Å². The third-order valence-corrected chi connectivity index (χ3v) is 4.07. The van der Waals surface area contributed by atoms with Crippen LogP contribution in [-0.2, 0) is 18.7 Å². The van der Waals surface area contributed by atoms with Crippen molar-refractivity contribution < 1.29 is 0 Å². The Balaban J connectivity index is 2.39. The van der Waals surface area contributed by atoms with Crippen molar-refractivity contribution in [3.05, 3.63) is 40.0 Å². The van der Waals surface area contributed by atoms with Gasteiger partial charge in [0.05, 0.1) is 10.5 Å². The van der Waals surface area contributed by atoms with Gasteiger partial charge in [-0.2, -0.15) is 0 Å². The molecule has 0 radical (unpaired) electrons. The van der Waals surface area contributed by atoms with Crippen LogP contribution in [0.4, 0.5) is 0 Å². The molecule has 0 saturated carbocycles. The molecule has 0 amide bonds. The third-order valence-electron chi connectivity index (χ3n) is 3.50. The van der Waals surface area contributed by atoms with E-state index in [0.29, 0.717) is 5.88 Å². The van der Waals surface area contributed by atoms with Gasteiger partial charge >= 0.3 is 0 Å². The highest BCUT2D eigenvalue weighted by molar-refractivity contribution is 6.35. The van der Waals surface area contributed by atoms with Crippen molar-refractivity contribution in [1.29, 1.82) is 0 Å². The first-order valence-electron chi connectivity index (χ1n) is 5.96. The minimum Gasteiger partial charge on any atom is -0.251 e. The summed E-state index contributed by atoms with van der Waals surface area (Å²) >= 11 is 12.3. The van der Waals surface area contributed by atoms with Crippen LogP contribution in [0.1, 0.15) is 29.7 Å². The van der Waals surface area contributed by atoms with E-state index in [4.69, 9.17) is 28.2 Å². The van der Waals surface area contributed by atoms with Crippen molar-refractivity contribution in [2.75, 3.05) is 0 Å². The van der Waals surface area contributed by atoms with E-state index in [1.54, 1.807) is 0 Å². The van der Waals surface area contributed by atoms with Gasteiger partial charge in [-0.1, -0.05) is 23.7 Å². The number of nitrogens with zero attached hydrogens (tertiary/aromatic N) is 1. The van der Waals surface area contributed by atoms with Crippen LogP contribution in [-0.4, -0.2) is 4.98 Å². The third kappa shape index (κ3) is 1.82. The zero-order valence-corrected chi connectivity index (χ0v) is 11.0. The lowest BCUT2D eigenvalue weighted by Gasteiger charge is -2.20. The van der Waals surface area contributed by atoms with Crippen LogP contribution in [0.15, 0.2) is 18.2 Å². The number of alkyl halides is 1. The first-order valence-corrected chi connectivity index (χ1v) is 6.87. The molecule has 0 N–H and O–H groups in total. The van der Waals surface area contributed by atoms with Crippen LogP contribution in [0.2, 0.25) is 5.02 Å². The Hall–Kier alpha value is -0.790. The molecule has 1 aromatic heterocycles. The van der Waals surface area contributed by atoms with E-state index < -0.39 is 0 Å². The molecule has 1 aliphatic carbocycles. The molecule has 0 saturated heterocycles. The molecule has 88 valence electrons. The van der Waals surface area contributed by atoms with Crippen molar-refractivity contribution >= 4 is 34.1 Å². The second-order valence-electron chi connectivity index (χ2n) is 4.49. The Bertz CT molecular complexity index is 578. The quantitative estimate of drug-likeness (QED) is 0.692. The monoisotopic (exact) mass is 265 g/mol. The molecule has 17 heavy (non-hydrogen) atoms. The van der Waals surface area contributed by atoms with E-state index in [1.807, 2.05) is 12.1 Å². The predicted molar refractivity (Wildman–Crippen MR) is 73.0 cm³/mol. The average Bonchev–Trinajstić information content (AvgIpc) is 2.37. The molecule has 1 heterocycles. The molecule has 0 atom stereocenters. The number of hydrogen-bond donors (Lipinski definition) is 0. The number of rotatable bonds is 1. The Morgan fingerprint density at radius 2 is 2.00 bits per heavy atom. The zero-order chi connectivity index (χ0) is 11.8. The molecular formula is C14H13Cl2N. The summed E-state index contributed by atoms with van der Waals surface area (Å²) in [5.74, 6) is 0.543. The zero-order valence-electron chi connectivity index (χ0n) is 9.47. The van der Waals surface area contributed by atoms with E-state index in [-0.39, 0.29) is 0 Å². The molecule has 0 spiro atoms. The van der Waals surface area contributed by atoms with E-state index >= 15 is 0 Å². The summed E-state index contributed by atoms with van der Waals surface area (Å²) in [5, 5.41) is 1.84. The van der Waals surface area contributed by atoms with Crippen LogP contribution >= 0.6 is 23.2 Å². The lowest BCUT2D eigenvalue weighted by molar-refractivity contribution is 0.667. The van der Waals surface area contributed by atoms with Gasteiger partial charge in [0.25, 0.3) is 0 Å². The summed E-state index contributed by atoms with van der Waals surface area (Å²) in [4.78, 5) is 4.73. The summed E-state index contributed by atoms with van der Waals surface area (Å²) < 4.78 is 0. The maximum atomic E-state index is 6.22. The van der Waals surface area contributed by atoms with Crippen LogP contribution in [0.5, 0.6) is 0 Å². The van der Waals surface area contributed by atoms with Gasteiger partial charge in [0.15, 0.2) is 0 Å². The number of fused-ring (bicyclic) bond motifs is 2. The molecule has 0 bridgehead atoms. The average molecular weight is 266 g/mol. The van der Waals surface area contributed by atoms with Crippen LogP contribution in [0.25, 0.3) is 10.9 Å². The lowest BCUT2D eigenvalue weighted by atomic mass is 9.90.